The molecule has 0 bridgehead atoms. The molecule has 0 unspecified atom stereocenters. The number of H-pyrrole nitrogens is 2. The quantitative estimate of drug-likeness (QED) is 0.676. The molecule has 2 rings (SSSR count). The summed E-state index contributed by atoms with van der Waals surface area (Å²) in [7, 11) is 0. The minimum Gasteiger partial charge on any atom is -0.376 e. The van der Waals surface area contributed by atoms with E-state index in [1.807, 2.05) is 13.8 Å². The Bertz CT molecular complexity index is 533. The Morgan fingerprint density at radius 2 is 1.17 bits per heavy atom. The van der Waals surface area contributed by atoms with E-state index >= 15 is 0 Å². The normalized spacial score (nSPS) is 12.0. The zero-order valence-corrected chi connectivity index (χ0v) is 14.9. The Balaban J connectivity index is 2.27. The second kappa shape index (κ2) is 8.37. The fourth-order valence-electron chi connectivity index (χ4n) is 3.19. The topological polar surface area (TPSA) is 50.0 Å². The van der Waals surface area contributed by atoms with E-state index in [0.29, 0.717) is 13.2 Å². The Morgan fingerprint density at radius 1 is 0.739 bits per heavy atom. The molecule has 23 heavy (non-hydrogen) atoms. The van der Waals surface area contributed by atoms with Crippen molar-refractivity contribution in [1.82, 2.24) is 9.97 Å². The number of hydrogen-bond donors (Lipinski definition) is 2. The van der Waals surface area contributed by atoms with Crippen LogP contribution < -0.4 is 0 Å². The van der Waals surface area contributed by atoms with Crippen LogP contribution in [-0.4, -0.2) is 23.2 Å². The van der Waals surface area contributed by atoms with Gasteiger partial charge in [-0.15, -0.1) is 0 Å². The van der Waals surface area contributed by atoms with E-state index in [4.69, 9.17) is 9.47 Å². The number of aromatic nitrogens is 2. The number of aromatic amines is 2. The van der Waals surface area contributed by atoms with Crippen LogP contribution in [0.15, 0.2) is 24.3 Å². The average molecular weight is 318 g/mol. The maximum Gasteiger partial charge on any atom is 0.0865 e. The number of nitrogens with one attached hydrogen (secondary N) is 2. The van der Waals surface area contributed by atoms with Crippen LogP contribution in [0.2, 0.25) is 0 Å². The van der Waals surface area contributed by atoms with E-state index in [1.165, 1.54) is 11.4 Å². The molecule has 0 saturated carbocycles. The van der Waals surface area contributed by atoms with Crippen molar-refractivity contribution < 1.29 is 9.47 Å². The second-order valence-corrected chi connectivity index (χ2v) is 5.86. The molecule has 128 valence electrons. The molecule has 0 aliphatic heterocycles. The van der Waals surface area contributed by atoms with Crippen LogP contribution in [0.1, 0.15) is 63.3 Å². The van der Waals surface area contributed by atoms with Crippen molar-refractivity contribution in [2.24, 2.45) is 0 Å². The molecule has 2 N–H and O–H groups in total. The van der Waals surface area contributed by atoms with Crippen LogP contribution in [0.5, 0.6) is 0 Å². The molecule has 4 nitrogen and oxygen atoms in total. The molecule has 0 aliphatic carbocycles. The summed E-state index contributed by atoms with van der Waals surface area (Å²) in [5, 5.41) is 0. The zero-order chi connectivity index (χ0) is 16.7. The number of rotatable bonds is 10. The fraction of sp³-hybridized carbons (Fsp3) is 0.579. The summed E-state index contributed by atoms with van der Waals surface area (Å²) >= 11 is 0. The molecular formula is C19H30N2O2. The van der Waals surface area contributed by atoms with Crippen LogP contribution in [0.3, 0.4) is 0 Å². The lowest BCUT2D eigenvalue weighted by Crippen LogP contribution is -2.27. The third-order valence-electron chi connectivity index (χ3n) is 4.65. The van der Waals surface area contributed by atoms with E-state index in [2.05, 4.69) is 48.1 Å². The minimum absolute atomic E-state index is 0.0189. The van der Waals surface area contributed by atoms with Gasteiger partial charge in [0.05, 0.1) is 13.2 Å². The lowest BCUT2D eigenvalue weighted by atomic mass is 9.76. The van der Waals surface area contributed by atoms with Gasteiger partial charge in [-0.25, -0.2) is 0 Å². The lowest BCUT2D eigenvalue weighted by molar-refractivity contribution is 0.131. The van der Waals surface area contributed by atoms with E-state index in [-0.39, 0.29) is 5.41 Å². The molecule has 2 aromatic rings. The maximum absolute atomic E-state index is 5.51. The van der Waals surface area contributed by atoms with Gasteiger partial charge in [0.15, 0.2) is 0 Å². The van der Waals surface area contributed by atoms with Crippen molar-refractivity contribution in [2.45, 2.75) is 59.2 Å². The summed E-state index contributed by atoms with van der Waals surface area (Å²) in [5.41, 5.74) is 4.75. The first-order chi connectivity index (χ1) is 11.2. The highest BCUT2D eigenvalue weighted by atomic mass is 16.5. The first kappa shape index (κ1) is 17.8. The highest BCUT2D eigenvalue weighted by molar-refractivity contribution is 5.34. The highest BCUT2D eigenvalue weighted by Crippen LogP contribution is 2.37. The fourth-order valence-corrected chi connectivity index (χ4v) is 3.19. The largest absolute Gasteiger partial charge is 0.376 e. The Labute approximate surface area is 139 Å². The predicted octanol–water partition coefficient (Wildman–Crippen LogP) is 4.52. The van der Waals surface area contributed by atoms with Crippen LogP contribution in [-0.2, 0) is 28.1 Å². The van der Waals surface area contributed by atoms with E-state index in [9.17, 15) is 0 Å². The molecule has 0 atom stereocenters. The SMILES string of the molecule is CCOCc1ccc(C(CC)(CC)c2ccc(COCC)[nH]2)[nH]1. The number of hydrogen-bond acceptors (Lipinski definition) is 2. The van der Waals surface area contributed by atoms with Crippen molar-refractivity contribution in [3.63, 3.8) is 0 Å². The van der Waals surface area contributed by atoms with Gasteiger partial charge in [0, 0.05) is 41.4 Å². The molecule has 0 amide bonds. The highest BCUT2D eigenvalue weighted by Gasteiger charge is 2.33. The van der Waals surface area contributed by atoms with Gasteiger partial charge < -0.3 is 19.4 Å². The molecule has 0 spiro atoms. The van der Waals surface area contributed by atoms with Gasteiger partial charge >= 0.3 is 0 Å². The molecule has 0 fully saturated rings. The second-order valence-electron chi connectivity index (χ2n) is 5.86. The van der Waals surface area contributed by atoms with E-state index in [0.717, 1.165) is 37.4 Å². The molecule has 0 radical (unpaired) electrons. The van der Waals surface area contributed by atoms with Gasteiger partial charge in [0.1, 0.15) is 0 Å². The first-order valence-corrected chi connectivity index (χ1v) is 8.72. The van der Waals surface area contributed by atoms with Gasteiger partial charge in [0.25, 0.3) is 0 Å². The summed E-state index contributed by atoms with van der Waals surface area (Å²) in [6.45, 7) is 11.3. The molecule has 2 aromatic heterocycles. The molecule has 2 heterocycles. The summed E-state index contributed by atoms with van der Waals surface area (Å²) < 4.78 is 11.0. The minimum atomic E-state index is -0.0189. The Morgan fingerprint density at radius 3 is 1.52 bits per heavy atom. The standard InChI is InChI=1S/C19H30N2O2/c1-5-19(6-2,17-11-9-15(20-17)13-22-7-3)18-12-10-16(21-18)14-23-8-4/h9-12,20-21H,5-8,13-14H2,1-4H3. The molecule has 0 aliphatic rings. The average Bonchev–Trinajstić information content (AvgIpc) is 3.23. The third-order valence-corrected chi connectivity index (χ3v) is 4.65. The Hall–Kier alpha value is -1.52. The predicted molar refractivity (Wildman–Crippen MR) is 93.6 cm³/mol. The van der Waals surface area contributed by atoms with E-state index in [1.54, 1.807) is 0 Å². The van der Waals surface area contributed by atoms with Gasteiger partial charge in [-0.3, -0.25) is 0 Å². The molecule has 0 saturated heterocycles. The molecular weight excluding hydrogens is 288 g/mol. The first-order valence-electron chi connectivity index (χ1n) is 8.72. The summed E-state index contributed by atoms with van der Waals surface area (Å²) in [6.07, 6.45) is 2.07. The lowest BCUT2D eigenvalue weighted by Gasteiger charge is -2.30. The maximum atomic E-state index is 5.51. The monoisotopic (exact) mass is 318 g/mol. The van der Waals surface area contributed by atoms with Crippen molar-refractivity contribution in [2.75, 3.05) is 13.2 Å². The molecule has 4 heteroatoms. The third kappa shape index (κ3) is 3.88. The van der Waals surface area contributed by atoms with Gasteiger partial charge in [-0.1, -0.05) is 13.8 Å². The van der Waals surface area contributed by atoms with Crippen LogP contribution in [0.25, 0.3) is 0 Å². The van der Waals surface area contributed by atoms with Gasteiger partial charge in [-0.05, 0) is 51.0 Å². The van der Waals surface area contributed by atoms with Crippen LogP contribution in [0.4, 0.5) is 0 Å². The Kier molecular flexibility index (Phi) is 6.48. The van der Waals surface area contributed by atoms with Crippen LogP contribution in [0, 0.1) is 0 Å². The van der Waals surface area contributed by atoms with Crippen LogP contribution >= 0.6 is 0 Å². The van der Waals surface area contributed by atoms with Crippen molar-refractivity contribution in [3.8, 4) is 0 Å². The zero-order valence-electron chi connectivity index (χ0n) is 14.9. The van der Waals surface area contributed by atoms with E-state index < -0.39 is 0 Å². The van der Waals surface area contributed by atoms with Crippen molar-refractivity contribution in [3.05, 3.63) is 47.0 Å². The van der Waals surface area contributed by atoms with Crippen molar-refractivity contribution >= 4 is 0 Å². The summed E-state index contributed by atoms with van der Waals surface area (Å²) in [6, 6.07) is 8.67. The smallest absolute Gasteiger partial charge is 0.0865 e. The summed E-state index contributed by atoms with van der Waals surface area (Å²) in [5.74, 6) is 0. The molecule has 0 aromatic carbocycles. The number of ether oxygens (including phenoxy) is 2. The summed E-state index contributed by atoms with van der Waals surface area (Å²) in [4.78, 5) is 7.13. The van der Waals surface area contributed by atoms with Gasteiger partial charge in [0.2, 0.25) is 0 Å². The van der Waals surface area contributed by atoms with Crippen molar-refractivity contribution in [1.29, 1.82) is 0 Å². The van der Waals surface area contributed by atoms with Gasteiger partial charge in [-0.2, -0.15) is 0 Å².